The second-order valence-corrected chi connectivity index (χ2v) is 10.8. The van der Waals surface area contributed by atoms with Gasteiger partial charge in [-0.25, -0.2) is 4.39 Å². The summed E-state index contributed by atoms with van der Waals surface area (Å²) in [6.45, 7) is 5.21. The molecular weight excluding hydrogens is 443 g/mol. The first-order valence-corrected chi connectivity index (χ1v) is 12.1. The first-order valence-electron chi connectivity index (χ1n) is 12.1. The molecule has 8 heteroatoms. The normalized spacial score (nSPS) is 45.1. The molecule has 0 saturated heterocycles. The number of ether oxygens (including phenoxy) is 2. The lowest BCUT2D eigenvalue weighted by atomic mass is 9.44. The van der Waals surface area contributed by atoms with Gasteiger partial charge in [0.15, 0.2) is 17.2 Å². The smallest absolute Gasteiger partial charge is 0.312 e. The Labute approximate surface area is 199 Å². The zero-order valence-electron chi connectivity index (χ0n) is 20.3. The minimum Gasteiger partial charge on any atom is -0.469 e. The van der Waals surface area contributed by atoms with E-state index in [0.29, 0.717) is 31.4 Å². The number of alkyl halides is 1. The van der Waals surface area contributed by atoms with E-state index in [1.54, 1.807) is 19.9 Å². The Hall–Kier alpha value is -1.90. The number of halogens is 1. The molecular formula is C26H35FO7. The summed E-state index contributed by atoms with van der Waals surface area (Å²) in [6.07, 6.45) is 4.15. The molecule has 4 aliphatic carbocycles. The molecule has 3 fully saturated rings. The Balaban J connectivity index is 1.80. The van der Waals surface area contributed by atoms with Crippen LogP contribution < -0.4 is 0 Å². The number of aliphatic hydroxyl groups is 2. The van der Waals surface area contributed by atoms with Crippen molar-refractivity contribution in [3.05, 3.63) is 23.8 Å². The summed E-state index contributed by atoms with van der Waals surface area (Å²) < 4.78 is 27.6. The fourth-order valence-corrected chi connectivity index (χ4v) is 7.60. The number of ketones is 2. The van der Waals surface area contributed by atoms with E-state index in [1.165, 1.54) is 19.3 Å². The van der Waals surface area contributed by atoms with Crippen LogP contribution in [-0.2, 0) is 23.9 Å². The largest absolute Gasteiger partial charge is 0.469 e. The quantitative estimate of drug-likeness (QED) is 0.446. The monoisotopic (exact) mass is 478 g/mol. The molecule has 0 heterocycles. The Morgan fingerprint density at radius 1 is 1.26 bits per heavy atom. The number of esters is 1. The van der Waals surface area contributed by atoms with E-state index >= 15 is 4.39 Å². The molecule has 7 nitrogen and oxygen atoms in total. The Bertz CT molecular complexity index is 959. The van der Waals surface area contributed by atoms with Gasteiger partial charge in [0.05, 0.1) is 19.1 Å². The van der Waals surface area contributed by atoms with Crippen molar-refractivity contribution in [1.29, 1.82) is 0 Å². The van der Waals surface area contributed by atoms with Gasteiger partial charge in [0.2, 0.25) is 0 Å². The molecule has 0 aromatic carbocycles. The number of allylic oxidation sites excluding steroid dienone is 4. The van der Waals surface area contributed by atoms with E-state index in [1.807, 2.05) is 6.92 Å². The predicted octanol–water partition coefficient (Wildman–Crippen LogP) is 2.48. The topological polar surface area (TPSA) is 110 Å². The third-order valence-electron chi connectivity index (χ3n) is 9.39. The van der Waals surface area contributed by atoms with E-state index < -0.39 is 57.7 Å². The summed E-state index contributed by atoms with van der Waals surface area (Å²) >= 11 is 0. The maximum atomic E-state index is 17.2. The molecule has 0 spiro atoms. The highest BCUT2D eigenvalue weighted by molar-refractivity contribution is 6.01. The minimum absolute atomic E-state index is 0.0695. The van der Waals surface area contributed by atoms with Crippen LogP contribution in [0.25, 0.3) is 0 Å². The van der Waals surface area contributed by atoms with Gasteiger partial charge in [-0.15, -0.1) is 0 Å². The van der Waals surface area contributed by atoms with Crippen LogP contribution in [0.15, 0.2) is 23.8 Å². The second kappa shape index (κ2) is 8.35. The molecule has 3 saturated carbocycles. The molecule has 0 aromatic heterocycles. The number of Topliss-reactive ketones (excluding diaryl/α,β-unsaturated/α-hetero) is 1. The lowest BCUT2D eigenvalue weighted by Crippen LogP contribution is -2.69. The van der Waals surface area contributed by atoms with Crippen LogP contribution in [-0.4, -0.2) is 65.4 Å². The molecule has 4 aliphatic rings. The number of aliphatic hydroxyl groups excluding tert-OH is 1. The first kappa shape index (κ1) is 25.2. The average Bonchev–Trinajstić information content (AvgIpc) is 3.03. The SMILES string of the molecule is CCCOCC(=O)[C@@]1(O)[C@H](C(=O)OC)C[C@H]2[C@@H]3CCC4=CC(=O)C=C[C@]4(C)[C@@]3(F)[C@@H](O)C[C@@]21C. The van der Waals surface area contributed by atoms with E-state index in [4.69, 9.17) is 9.47 Å². The molecule has 188 valence electrons. The van der Waals surface area contributed by atoms with Gasteiger partial charge in [-0.05, 0) is 57.1 Å². The van der Waals surface area contributed by atoms with Crippen molar-refractivity contribution in [3.8, 4) is 0 Å². The van der Waals surface area contributed by atoms with Crippen LogP contribution in [0.3, 0.4) is 0 Å². The summed E-state index contributed by atoms with van der Waals surface area (Å²) in [4.78, 5) is 38.2. The van der Waals surface area contributed by atoms with Crippen molar-refractivity contribution in [2.24, 2.45) is 28.6 Å². The highest BCUT2D eigenvalue weighted by atomic mass is 19.1. The van der Waals surface area contributed by atoms with Crippen molar-refractivity contribution < 1.29 is 38.5 Å². The van der Waals surface area contributed by atoms with Gasteiger partial charge in [0, 0.05) is 23.4 Å². The van der Waals surface area contributed by atoms with E-state index in [-0.39, 0.29) is 25.2 Å². The molecule has 4 rings (SSSR count). The van der Waals surface area contributed by atoms with Crippen LogP contribution in [0.5, 0.6) is 0 Å². The van der Waals surface area contributed by atoms with E-state index in [9.17, 15) is 24.6 Å². The molecule has 0 bridgehead atoms. The molecule has 8 atom stereocenters. The van der Waals surface area contributed by atoms with Gasteiger partial charge in [0.1, 0.15) is 12.2 Å². The molecule has 0 aromatic rings. The summed E-state index contributed by atoms with van der Waals surface area (Å²) in [5, 5.41) is 23.3. The van der Waals surface area contributed by atoms with Crippen molar-refractivity contribution in [2.75, 3.05) is 20.3 Å². The van der Waals surface area contributed by atoms with Gasteiger partial charge in [-0.2, -0.15) is 0 Å². The lowest BCUT2D eigenvalue weighted by molar-refractivity contribution is -0.221. The molecule has 34 heavy (non-hydrogen) atoms. The average molecular weight is 479 g/mol. The number of hydrogen-bond acceptors (Lipinski definition) is 7. The predicted molar refractivity (Wildman–Crippen MR) is 120 cm³/mol. The number of rotatable bonds is 6. The van der Waals surface area contributed by atoms with Gasteiger partial charge in [0.25, 0.3) is 0 Å². The highest BCUT2D eigenvalue weighted by Gasteiger charge is 2.77. The van der Waals surface area contributed by atoms with Gasteiger partial charge in [-0.3, -0.25) is 14.4 Å². The third kappa shape index (κ3) is 3.07. The molecule has 0 unspecified atom stereocenters. The van der Waals surface area contributed by atoms with Crippen molar-refractivity contribution in [3.63, 3.8) is 0 Å². The van der Waals surface area contributed by atoms with Crippen molar-refractivity contribution >= 4 is 17.5 Å². The first-order chi connectivity index (χ1) is 15.9. The van der Waals surface area contributed by atoms with E-state index in [2.05, 4.69) is 0 Å². The number of methoxy groups -OCH3 is 1. The zero-order chi connectivity index (χ0) is 25.1. The third-order valence-corrected chi connectivity index (χ3v) is 9.39. The Morgan fingerprint density at radius 3 is 2.62 bits per heavy atom. The number of fused-ring (bicyclic) bond motifs is 5. The van der Waals surface area contributed by atoms with Crippen molar-refractivity contribution in [1.82, 2.24) is 0 Å². The summed E-state index contributed by atoms with van der Waals surface area (Å²) in [5.41, 5.74) is -6.09. The lowest BCUT2D eigenvalue weighted by Gasteiger charge is -2.62. The van der Waals surface area contributed by atoms with E-state index in [0.717, 1.165) is 0 Å². The van der Waals surface area contributed by atoms with Crippen molar-refractivity contribution in [2.45, 2.75) is 70.2 Å². The van der Waals surface area contributed by atoms with Crippen LogP contribution >= 0.6 is 0 Å². The summed E-state index contributed by atoms with van der Waals surface area (Å²) in [6, 6.07) is 0. The fourth-order valence-electron chi connectivity index (χ4n) is 7.60. The molecule has 0 radical (unpaired) electrons. The molecule has 0 amide bonds. The number of hydrogen-bond donors (Lipinski definition) is 2. The van der Waals surface area contributed by atoms with Crippen LogP contribution in [0.4, 0.5) is 4.39 Å². The van der Waals surface area contributed by atoms with Crippen LogP contribution in [0.2, 0.25) is 0 Å². The van der Waals surface area contributed by atoms with Gasteiger partial charge >= 0.3 is 5.97 Å². The highest BCUT2D eigenvalue weighted by Crippen LogP contribution is 2.70. The Kier molecular flexibility index (Phi) is 6.19. The maximum Gasteiger partial charge on any atom is 0.312 e. The second-order valence-electron chi connectivity index (χ2n) is 10.8. The maximum absolute atomic E-state index is 17.2. The fraction of sp³-hybridized carbons (Fsp3) is 0.731. The zero-order valence-corrected chi connectivity index (χ0v) is 20.3. The summed E-state index contributed by atoms with van der Waals surface area (Å²) in [5.74, 6) is -4.06. The van der Waals surface area contributed by atoms with Crippen LogP contribution in [0.1, 0.15) is 52.9 Å². The molecule has 0 aliphatic heterocycles. The number of carbonyl (C=O) groups is 3. The van der Waals surface area contributed by atoms with Crippen LogP contribution in [0, 0.1) is 28.6 Å². The molecule has 2 N–H and O–H groups in total. The standard InChI is InChI=1S/C26H35FO7/c1-5-10-34-14-21(30)26(32)19(22(31)33-4)12-18-17-7-6-15-11-16(28)8-9-23(15,2)25(17,27)20(29)13-24(18,26)3/h8-9,11,17-20,29,32H,5-7,10,12-14H2,1-4H3/t17-,18-,19-,20-,23-,24-,25-,26-/m0/s1. The van der Waals surface area contributed by atoms with Gasteiger partial charge in [-0.1, -0.05) is 25.5 Å². The Morgan fingerprint density at radius 2 is 1.97 bits per heavy atom. The minimum atomic E-state index is -2.16. The number of carbonyl (C=O) groups excluding carboxylic acids is 3. The van der Waals surface area contributed by atoms with Gasteiger partial charge < -0.3 is 19.7 Å². The summed E-state index contributed by atoms with van der Waals surface area (Å²) in [7, 11) is 1.20.